The van der Waals surface area contributed by atoms with Crippen LogP contribution in [0.4, 0.5) is 0 Å². The summed E-state index contributed by atoms with van der Waals surface area (Å²) in [6.07, 6.45) is 1.87. The second-order valence-electron chi connectivity index (χ2n) is 3.93. The SMILES string of the molecule is CCC(CCOC)c1ccc(S(=O)(=O)O)cc1. The van der Waals surface area contributed by atoms with Gasteiger partial charge in [-0.15, -0.1) is 0 Å². The van der Waals surface area contributed by atoms with Gasteiger partial charge in [-0.25, -0.2) is 0 Å². The van der Waals surface area contributed by atoms with Crippen molar-refractivity contribution in [3.8, 4) is 0 Å². The summed E-state index contributed by atoms with van der Waals surface area (Å²) in [5.41, 5.74) is 1.07. The molecule has 0 saturated heterocycles. The first kappa shape index (κ1) is 14.2. The van der Waals surface area contributed by atoms with Crippen LogP contribution in [-0.4, -0.2) is 26.7 Å². The molecule has 0 spiro atoms. The van der Waals surface area contributed by atoms with Gasteiger partial charge in [0.15, 0.2) is 0 Å². The van der Waals surface area contributed by atoms with Gasteiger partial charge in [0.05, 0.1) is 4.90 Å². The van der Waals surface area contributed by atoms with E-state index < -0.39 is 10.1 Å². The van der Waals surface area contributed by atoms with E-state index in [0.29, 0.717) is 12.5 Å². The molecule has 0 aliphatic carbocycles. The third-order valence-electron chi connectivity index (χ3n) is 2.81. The molecule has 1 aromatic rings. The van der Waals surface area contributed by atoms with E-state index in [0.717, 1.165) is 18.4 Å². The summed E-state index contributed by atoms with van der Waals surface area (Å²) in [5.74, 6) is 0.352. The van der Waals surface area contributed by atoms with E-state index >= 15 is 0 Å². The van der Waals surface area contributed by atoms with E-state index in [1.165, 1.54) is 12.1 Å². The Bertz CT molecular complexity index is 436. The largest absolute Gasteiger partial charge is 0.385 e. The molecule has 0 fully saturated rings. The molecule has 0 aliphatic rings. The van der Waals surface area contributed by atoms with Crippen molar-refractivity contribution in [3.05, 3.63) is 29.8 Å². The molecule has 0 amide bonds. The number of ether oxygens (including phenoxy) is 1. The van der Waals surface area contributed by atoms with Gasteiger partial charge >= 0.3 is 0 Å². The Morgan fingerprint density at radius 2 is 1.88 bits per heavy atom. The Morgan fingerprint density at radius 3 is 2.29 bits per heavy atom. The number of benzene rings is 1. The van der Waals surface area contributed by atoms with E-state index in [-0.39, 0.29) is 4.90 Å². The predicted molar refractivity (Wildman–Crippen MR) is 65.8 cm³/mol. The molecule has 96 valence electrons. The van der Waals surface area contributed by atoms with Crippen LogP contribution in [0.3, 0.4) is 0 Å². The summed E-state index contributed by atoms with van der Waals surface area (Å²) in [6.45, 7) is 2.76. The molecule has 0 bridgehead atoms. The normalized spacial score (nSPS) is 13.6. The highest BCUT2D eigenvalue weighted by atomic mass is 32.2. The van der Waals surface area contributed by atoms with Gasteiger partial charge < -0.3 is 4.74 Å². The van der Waals surface area contributed by atoms with Crippen LogP contribution in [-0.2, 0) is 14.9 Å². The molecule has 0 aliphatic heterocycles. The lowest BCUT2D eigenvalue weighted by molar-refractivity contribution is 0.187. The molecular formula is C12H18O4S. The second-order valence-corrected chi connectivity index (χ2v) is 5.35. The number of hydrogen-bond acceptors (Lipinski definition) is 3. The highest BCUT2D eigenvalue weighted by Gasteiger charge is 2.12. The van der Waals surface area contributed by atoms with Gasteiger partial charge in [-0.05, 0) is 36.5 Å². The molecule has 0 heterocycles. The third kappa shape index (κ3) is 4.11. The van der Waals surface area contributed by atoms with Crippen molar-refractivity contribution in [3.63, 3.8) is 0 Å². The second kappa shape index (κ2) is 6.14. The average Bonchev–Trinajstić information content (AvgIpc) is 2.29. The molecule has 5 heteroatoms. The summed E-state index contributed by atoms with van der Waals surface area (Å²) >= 11 is 0. The van der Waals surface area contributed by atoms with Crippen LogP contribution in [0.1, 0.15) is 31.2 Å². The number of methoxy groups -OCH3 is 1. The topological polar surface area (TPSA) is 63.6 Å². The first-order valence-electron chi connectivity index (χ1n) is 5.55. The van der Waals surface area contributed by atoms with Gasteiger partial charge in [0.25, 0.3) is 10.1 Å². The third-order valence-corrected chi connectivity index (χ3v) is 3.68. The van der Waals surface area contributed by atoms with Crippen LogP contribution in [0.25, 0.3) is 0 Å². The molecule has 1 rings (SSSR count). The van der Waals surface area contributed by atoms with Gasteiger partial charge in [0.2, 0.25) is 0 Å². The molecule has 0 aromatic heterocycles. The maximum absolute atomic E-state index is 10.9. The van der Waals surface area contributed by atoms with Crippen LogP contribution in [0.5, 0.6) is 0 Å². The Labute approximate surface area is 102 Å². The highest BCUT2D eigenvalue weighted by Crippen LogP contribution is 2.24. The Balaban J connectivity index is 2.85. The van der Waals surface area contributed by atoms with Crippen molar-refractivity contribution in [2.75, 3.05) is 13.7 Å². The first-order valence-corrected chi connectivity index (χ1v) is 6.99. The zero-order valence-electron chi connectivity index (χ0n) is 10.1. The fourth-order valence-corrected chi connectivity index (χ4v) is 2.26. The minimum atomic E-state index is -4.09. The summed E-state index contributed by atoms with van der Waals surface area (Å²) in [4.78, 5) is -0.0668. The van der Waals surface area contributed by atoms with Crippen LogP contribution in [0.2, 0.25) is 0 Å². The number of rotatable bonds is 6. The molecule has 0 saturated carbocycles. The van der Waals surface area contributed by atoms with Crippen molar-refractivity contribution < 1.29 is 17.7 Å². The lowest BCUT2D eigenvalue weighted by atomic mass is 9.94. The van der Waals surface area contributed by atoms with Gasteiger partial charge in [-0.2, -0.15) is 8.42 Å². The van der Waals surface area contributed by atoms with Gasteiger partial charge in [-0.3, -0.25) is 4.55 Å². The quantitative estimate of drug-likeness (QED) is 0.796. The highest BCUT2D eigenvalue weighted by molar-refractivity contribution is 7.85. The molecule has 4 nitrogen and oxygen atoms in total. The first-order chi connectivity index (χ1) is 7.99. The minimum Gasteiger partial charge on any atom is -0.385 e. The van der Waals surface area contributed by atoms with E-state index in [1.807, 2.05) is 0 Å². The lowest BCUT2D eigenvalue weighted by Gasteiger charge is -2.14. The minimum absolute atomic E-state index is 0.0668. The van der Waals surface area contributed by atoms with Gasteiger partial charge in [0, 0.05) is 13.7 Å². The van der Waals surface area contributed by atoms with E-state index in [4.69, 9.17) is 9.29 Å². The van der Waals surface area contributed by atoms with Crippen molar-refractivity contribution >= 4 is 10.1 Å². The van der Waals surface area contributed by atoms with Crippen LogP contribution in [0.15, 0.2) is 29.2 Å². The zero-order chi connectivity index (χ0) is 12.9. The Kier molecular flexibility index (Phi) is 5.11. The molecule has 1 unspecified atom stereocenters. The van der Waals surface area contributed by atoms with Crippen LogP contribution < -0.4 is 0 Å². The fourth-order valence-electron chi connectivity index (χ4n) is 1.78. The molecule has 1 N–H and O–H groups in total. The summed E-state index contributed by atoms with van der Waals surface area (Å²) < 4.78 is 35.7. The Hall–Kier alpha value is -0.910. The van der Waals surface area contributed by atoms with Crippen LogP contribution in [0, 0.1) is 0 Å². The molecule has 17 heavy (non-hydrogen) atoms. The standard InChI is InChI=1S/C12H18O4S/c1-3-10(8-9-16-2)11-4-6-12(7-5-11)17(13,14)15/h4-7,10H,3,8-9H2,1-2H3,(H,13,14,15). The van der Waals surface area contributed by atoms with E-state index in [2.05, 4.69) is 6.92 Å². The average molecular weight is 258 g/mol. The molecule has 0 radical (unpaired) electrons. The van der Waals surface area contributed by atoms with Crippen molar-refractivity contribution in [2.24, 2.45) is 0 Å². The van der Waals surface area contributed by atoms with Crippen molar-refractivity contribution in [1.29, 1.82) is 0 Å². The predicted octanol–water partition coefficient (Wildman–Crippen LogP) is 2.46. The fraction of sp³-hybridized carbons (Fsp3) is 0.500. The van der Waals surface area contributed by atoms with Crippen molar-refractivity contribution in [1.82, 2.24) is 0 Å². The maximum Gasteiger partial charge on any atom is 0.294 e. The molecule has 1 atom stereocenters. The van der Waals surface area contributed by atoms with Crippen LogP contribution >= 0.6 is 0 Å². The smallest absolute Gasteiger partial charge is 0.294 e. The van der Waals surface area contributed by atoms with Gasteiger partial charge in [0.1, 0.15) is 0 Å². The number of hydrogen-bond donors (Lipinski definition) is 1. The summed E-state index contributed by atoms with van der Waals surface area (Å²) in [6, 6.07) is 6.35. The maximum atomic E-state index is 10.9. The molecule has 1 aromatic carbocycles. The monoisotopic (exact) mass is 258 g/mol. The zero-order valence-corrected chi connectivity index (χ0v) is 10.9. The summed E-state index contributed by atoms with van der Waals surface area (Å²) in [7, 11) is -2.43. The van der Waals surface area contributed by atoms with Gasteiger partial charge in [-0.1, -0.05) is 19.1 Å². The van der Waals surface area contributed by atoms with E-state index in [9.17, 15) is 8.42 Å². The van der Waals surface area contributed by atoms with E-state index in [1.54, 1.807) is 19.2 Å². The van der Waals surface area contributed by atoms with Crippen molar-refractivity contribution in [2.45, 2.75) is 30.6 Å². The summed E-state index contributed by atoms with van der Waals surface area (Å²) in [5, 5.41) is 0. The Morgan fingerprint density at radius 1 is 1.29 bits per heavy atom. The molecular weight excluding hydrogens is 240 g/mol. The lowest BCUT2D eigenvalue weighted by Crippen LogP contribution is -2.03.